The molecular formula is C19H37NO8Si. The van der Waals surface area contributed by atoms with E-state index in [0.717, 1.165) is 0 Å². The fraction of sp³-hybridized carbons (Fsp3) is 0.947. The van der Waals surface area contributed by atoms with E-state index in [2.05, 4.69) is 5.32 Å². The average molecular weight is 436 g/mol. The van der Waals surface area contributed by atoms with Gasteiger partial charge in [0.15, 0.2) is 18.2 Å². The molecule has 9 nitrogen and oxygen atoms in total. The van der Waals surface area contributed by atoms with Crippen LogP contribution in [0.5, 0.6) is 0 Å². The number of ether oxygens (including phenoxy) is 3. The van der Waals surface area contributed by atoms with Crippen molar-refractivity contribution < 1.29 is 38.1 Å². The molecule has 2 heterocycles. The van der Waals surface area contributed by atoms with Gasteiger partial charge in [-0.1, -0.05) is 0 Å². The Balaban J connectivity index is 1.79. The molecule has 0 aromatic rings. The molecule has 170 valence electrons. The second-order valence-corrected chi connectivity index (χ2v) is 12.1. The number of rotatable bonds is 10. The van der Waals surface area contributed by atoms with Gasteiger partial charge < -0.3 is 38.6 Å². The SMILES string of the molecule is CC(C)O[Si](C)(CCCNC(=O)[C@H](O)[C@H]1O[C@H]2OC(C)(C)O[C@@H]2[C@H]1O)OC(C)C. The lowest BCUT2D eigenvalue weighted by atomic mass is 10.1. The van der Waals surface area contributed by atoms with Crippen molar-refractivity contribution in [3.8, 4) is 0 Å². The average Bonchev–Trinajstić information content (AvgIpc) is 3.02. The summed E-state index contributed by atoms with van der Waals surface area (Å²) in [6, 6.07) is 0.712. The van der Waals surface area contributed by atoms with E-state index in [4.69, 9.17) is 23.1 Å². The number of carbonyl (C=O) groups is 1. The van der Waals surface area contributed by atoms with Gasteiger partial charge in [0.05, 0.1) is 0 Å². The Bertz CT molecular complexity index is 548. The van der Waals surface area contributed by atoms with Crippen molar-refractivity contribution in [3.05, 3.63) is 0 Å². The molecule has 0 aromatic heterocycles. The summed E-state index contributed by atoms with van der Waals surface area (Å²) in [5.74, 6) is -1.48. The third-order valence-corrected chi connectivity index (χ3v) is 7.91. The molecular weight excluding hydrogens is 398 g/mol. The normalized spacial score (nSPS) is 30.0. The van der Waals surface area contributed by atoms with E-state index in [1.807, 2.05) is 34.2 Å². The predicted molar refractivity (Wildman–Crippen MR) is 107 cm³/mol. The summed E-state index contributed by atoms with van der Waals surface area (Å²) in [7, 11) is -2.35. The van der Waals surface area contributed by atoms with Crippen LogP contribution in [-0.2, 0) is 27.9 Å². The minimum absolute atomic E-state index is 0.0664. The summed E-state index contributed by atoms with van der Waals surface area (Å²) in [4.78, 5) is 12.3. The Morgan fingerprint density at radius 2 is 1.76 bits per heavy atom. The van der Waals surface area contributed by atoms with E-state index in [9.17, 15) is 15.0 Å². The van der Waals surface area contributed by atoms with Crippen molar-refractivity contribution in [2.45, 2.75) is 109 Å². The molecule has 29 heavy (non-hydrogen) atoms. The lowest BCUT2D eigenvalue weighted by Crippen LogP contribution is -2.49. The number of nitrogens with one attached hydrogen (secondary N) is 1. The number of carbonyl (C=O) groups excluding carboxylic acids is 1. The first-order valence-electron chi connectivity index (χ1n) is 10.3. The number of amides is 1. The van der Waals surface area contributed by atoms with Crippen LogP contribution < -0.4 is 5.32 Å². The minimum Gasteiger partial charge on any atom is -0.392 e. The van der Waals surface area contributed by atoms with Gasteiger partial charge in [-0.25, -0.2) is 0 Å². The van der Waals surface area contributed by atoms with Crippen LogP contribution >= 0.6 is 0 Å². The van der Waals surface area contributed by atoms with Crippen molar-refractivity contribution in [2.75, 3.05) is 6.54 Å². The van der Waals surface area contributed by atoms with Crippen molar-refractivity contribution in [1.82, 2.24) is 5.32 Å². The number of aliphatic hydroxyl groups excluding tert-OH is 2. The van der Waals surface area contributed by atoms with Gasteiger partial charge in [0, 0.05) is 18.8 Å². The Morgan fingerprint density at radius 1 is 1.17 bits per heavy atom. The van der Waals surface area contributed by atoms with Crippen molar-refractivity contribution in [2.24, 2.45) is 0 Å². The monoisotopic (exact) mass is 435 g/mol. The van der Waals surface area contributed by atoms with Gasteiger partial charge in [0.1, 0.15) is 18.3 Å². The summed E-state index contributed by atoms with van der Waals surface area (Å²) >= 11 is 0. The summed E-state index contributed by atoms with van der Waals surface area (Å²) < 4.78 is 28.7. The lowest BCUT2D eigenvalue weighted by Gasteiger charge is -2.31. The fourth-order valence-electron chi connectivity index (χ4n) is 3.79. The topological polar surface area (TPSA) is 116 Å². The zero-order chi connectivity index (χ0) is 22.0. The van der Waals surface area contributed by atoms with Crippen LogP contribution in [0.3, 0.4) is 0 Å². The van der Waals surface area contributed by atoms with Gasteiger partial charge in [0.2, 0.25) is 0 Å². The molecule has 0 radical (unpaired) electrons. The Hall–Kier alpha value is -0.593. The van der Waals surface area contributed by atoms with E-state index in [1.165, 1.54) is 0 Å². The second kappa shape index (κ2) is 9.69. The maximum absolute atomic E-state index is 12.3. The molecule has 1 amide bonds. The van der Waals surface area contributed by atoms with Crippen LogP contribution in [-0.4, -0.2) is 79.9 Å². The third kappa shape index (κ3) is 6.69. The van der Waals surface area contributed by atoms with Gasteiger partial charge in [-0.2, -0.15) is 0 Å². The molecule has 2 aliphatic heterocycles. The Morgan fingerprint density at radius 3 is 2.28 bits per heavy atom. The molecule has 3 N–H and O–H groups in total. The molecule has 5 atom stereocenters. The van der Waals surface area contributed by atoms with Crippen molar-refractivity contribution in [3.63, 3.8) is 0 Å². The van der Waals surface area contributed by atoms with Gasteiger partial charge in [0.25, 0.3) is 5.91 Å². The molecule has 0 bridgehead atoms. The third-order valence-electron chi connectivity index (χ3n) is 4.71. The van der Waals surface area contributed by atoms with Gasteiger partial charge >= 0.3 is 8.56 Å². The summed E-state index contributed by atoms with van der Waals surface area (Å²) in [6.07, 6.45) is -4.53. The van der Waals surface area contributed by atoms with E-state index in [-0.39, 0.29) is 12.2 Å². The summed E-state index contributed by atoms with van der Waals surface area (Å²) in [6.45, 7) is 13.7. The predicted octanol–water partition coefficient (Wildman–Crippen LogP) is 1.01. The molecule has 2 aliphatic rings. The highest BCUT2D eigenvalue weighted by atomic mass is 28.4. The Labute approximate surface area is 174 Å². The first-order chi connectivity index (χ1) is 13.3. The highest BCUT2D eigenvalue weighted by Crippen LogP contribution is 2.38. The van der Waals surface area contributed by atoms with Crippen LogP contribution in [0.2, 0.25) is 12.6 Å². The molecule has 0 unspecified atom stereocenters. The summed E-state index contributed by atoms with van der Waals surface area (Å²) in [5, 5.41) is 23.4. The van der Waals surface area contributed by atoms with E-state index in [0.29, 0.717) is 19.0 Å². The number of hydrogen-bond donors (Lipinski definition) is 3. The van der Waals surface area contributed by atoms with E-state index < -0.39 is 51.0 Å². The summed E-state index contributed by atoms with van der Waals surface area (Å²) in [5.41, 5.74) is 0. The smallest absolute Gasteiger partial charge is 0.335 e. The van der Waals surface area contributed by atoms with E-state index in [1.54, 1.807) is 13.8 Å². The van der Waals surface area contributed by atoms with Gasteiger partial charge in [-0.05, 0) is 60.6 Å². The number of aliphatic hydroxyl groups is 2. The highest BCUT2D eigenvalue weighted by Gasteiger charge is 2.56. The number of hydrogen-bond acceptors (Lipinski definition) is 8. The Kier molecular flexibility index (Phi) is 8.25. The molecule has 0 aliphatic carbocycles. The molecule has 2 saturated heterocycles. The van der Waals surface area contributed by atoms with Crippen LogP contribution in [0, 0.1) is 0 Å². The zero-order valence-electron chi connectivity index (χ0n) is 18.5. The largest absolute Gasteiger partial charge is 0.392 e. The zero-order valence-corrected chi connectivity index (χ0v) is 19.5. The maximum Gasteiger partial charge on any atom is 0.335 e. The quantitative estimate of drug-likeness (QED) is 0.344. The minimum atomic E-state index is -2.35. The standard InChI is InChI=1S/C19H37NO8Si/c1-11(2)27-29(7,28-12(3)4)10-8-9-20-17(23)14(22)15-13(21)16-18(24-15)26-19(5,6)25-16/h11-16,18,21-22H,8-10H2,1-7H3,(H,20,23)/t13-,14+,15-,16+,18-/m0/s1. The van der Waals surface area contributed by atoms with Crippen molar-refractivity contribution in [1.29, 1.82) is 0 Å². The fourth-order valence-corrected chi connectivity index (χ4v) is 6.90. The van der Waals surface area contributed by atoms with Crippen LogP contribution in [0.4, 0.5) is 0 Å². The van der Waals surface area contributed by atoms with Crippen LogP contribution in [0.15, 0.2) is 0 Å². The molecule has 2 fully saturated rings. The van der Waals surface area contributed by atoms with E-state index >= 15 is 0 Å². The highest BCUT2D eigenvalue weighted by molar-refractivity contribution is 6.66. The van der Waals surface area contributed by atoms with Crippen LogP contribution in [0.1, 0.15) is 48.0 Å². The molecule has 0 saturated carbocycles. The molecule has 0 spiro atoms. The molecule has 0 aromatic carbocycles. The second-order valence-electron chi connectivity index (χ2n) is 8.87. The molecule has 10 heteroatoms. The first kappa shape index (κ1) is 24.7. The van der Waals surface area contributed by atoms with Gasteiger partial charge in [-0.3, -0.25) is 4.79 Å². The maximum atomic E-state index is 12.3. The van der Waals surface area contributed by atoms with Crippen LogP contribution in [0.25, 0.3) is 0 Å². The first-order valence-corrected chi connectivity index (χ1v) is 12.9. The lowest BCUT2D eigenvalue weighted by molar-refractivity contribution is -0.225. The molecule has 2 rings (SSSR count). The van der Waals surface area contributed by atoms with Crippen molar-refractivity contribution >= 4 is 14.5 Å². The van der Waals surface area contributed by atoms with Gasteiger partial charge in [-0.15, -0.1) is 0 Å². The number of fused-ring (bicyclic) bond motifs is 1.